The average Bonchev–Trinajstić information content (AvgIpc) is 2.72. The number of anilines is 2. The Balaban J connectivity index is 2.35. The first kappa shape index (κ1) is 25.4. The second-order valence-corrected chi connectivity index (χ2v) is 9.32. The maximum Gasteiger partial charge on any atom is 0.230 e. The minimum absolute atomic E-state index is 0.00969. The van der Waals surface area contributed by atoms with E-state index in [0.717, 1.165) is 28.9 Å². The van der Waals surface area contributed by atoms with E-state index in [9.17, 15) is 9.59 Å². The van der Waals surface area contributed by atoms with Gasteiger partial charge in [0.15, 0.2) is 0 Å². The molecular weight excluding hydrogens is 398 g/mol. The monoisotopic (exact) mass is 437 g/mol. The van der Waals surface area contributed by atoms with Gasteiger partial charge in [0.05, 0.1) is 5.92 Å². The molecular formula is C27H39N3O2. The lowest BCUT2D eigenvalue weighted by molar-refractivity contribution is -0.135. The molecule has 32 heavy (non-hydrogen) atoms. The van der Waals surface area contributed by atoms with Crippen LogP contribution in [-0.4, -0.2) is 36.9 Å². The van der Waals surface area contributed by atoms with E-state index in [0.29, 0.717) is 18.9 Å². The molecule has 1 atom stereocenters. The number of hydrogen-bond donors (Lipinski definition) is 1. The molecule has 0 saturated carbocycles. The fourth-order valence-corrected chi connectivity index (χ4v) is 3.95. The van der Waals surface area contributed by atoms with E-state index in [-0.39, 0.29) is 23.8 Å². The Kier molecular flexibility index (Phi) is 9.30. The van der Waals surface area contributed by atoms with Gasteiger partial charge in [-0.15, -0.1) is 0 Å². The van der Waals surface area contributed by atoms with Crippen molar-refractivity contribution >= 4 is 23.2 Å². The highest BCUT2D eigenvalue weighted by Crippen LogP contribution is 2.29. The van der Waals surface area contributed by atoms with Gasteiger partial charge in [-0.2, -0.15) is 0 Å². The molecule has 1 unspecified atom stereocenters. The van der Waals surface area contributed by atoms with Crippen LogP contribution in [-0.2, 0) is 16.1 Å². The summed E-state index contributed by atoms with van der Waals surface area (Å²) in [6.07, 6.45) is 1.23. The summed E-state index contributed by atoms with van der Waals surface area (Å²) in [6, 6.07) is 16.0. The number of benzene rings is 2. The highest BCUT2D eigenvalue weighted by Gasteiger charge is 2.27. The number of nitrogens with zero attached hydrogens (tertiary/aromatic N) is 2. The number of carbonyl (C=O) groups excluding carboxylic acids is 2. The molecule has 1 N–H and O–H groups in total. The predicted octanol–water partition coefficient (Wildman–Crippen LogP) is 5.67. The third-order valence-electron chi connectivity index (χ3n) is 5.59. The van der Waals surface area contributed by atoms with Crippen molar-refractivity contribution in [1.29, 1.82) is 0 Å². The van der Waals surface area contributed by atoms with Crippen LogP contribution < -0.4 is 10.2 Å². The molecule has 0 bridgehead atoms. The predicted molar refractivity (Wildman–Crippen MR) is 134 cm³/mol. The quantitative estimate of drug-likeness (QED) is 0.521. The van der Waals surface area contributed by atoms with E-state index < -0.39 is 0 Å². The van der Waals surface area contributed by atoms with Crippen LogP contribution in [0.3, 0.4) is 0 Å². The molecule has 2 amide bonds. The molecule has 0 radical (unpaired) electrons. The minimum atomic E-state index is -0.171. The molecule has 2 aromatic carbocycles. The number of carbonyl (C=O) groups is 2. The summed E-state index contributed by atoms with van der Waals surface area (Å²) >= 11 is 0. The lowest BCUT2D eigenvalue weighted by atomic mass is 9.94. The van der Waals surface area contributed by atoms with E-state index in [1.807, 2.05) is 86.3 Å². The molecule has 174 valence electrons. The van der Waals surface area contributed by atoms with Gasteiger partial charge >= 0.3 is 0 Å². The van der Waals surface area contributed by atoms with Crippen molar-refractivity contribution in [3.8, 4) is 0 Å². The molecule has 0 spiro atoms. The van der Waals surface area contributed by atoms with Gasteiger partial charge in [0.25, 0.3) is 0 Å². The van der Waals surface area contributed by atoms with Gasteiger partial charge in [0.2, 0.25) is 11.8 Å². The highest BCUT2D eigenvalue weighted by atomic mass is 16.2. The van der Waals surface area contributed by atoms with Gasteiger partial charge in [-0.3, -0.25) is 9.59 Å². The number of nitrogens with one attached hydrogen (secondary N) is 1. The molecule has 5 heteroatoms. The van der Waals surface area contributed by atoms with Crippen molar-refractivity contribution in [3.05, 3.63) is 59.7 Å². The molecule has 0 saturated heterocycles. The lowest BCUT2D eigenvalue weighted by Gasteiger charge is -2.32. The first-order chi connectivity index (χ1) is 15.1. The second-order valence-electron chi connectivity index (χ2n) is 9.32. The van der Waals surface area contributed by atoms with Crippen molar-refractivity contribution in [1.82, 2.24) is 4.90 Å². The van der Waals surface area contributed by atoms with Crippen LogP contribution in [0.2, 0.25) is 0 Å². The van der Waals surface area contributed by atoms with E-state index in [4.69, 9.17) is 0 Å². The molecule has 0 aliphatic carbocycles. The number of amides is 2. The van der Waals surface area contributed by atoms with Crippen molar-refractivity contribution in [2.75, 3.05) is 24.3 Å². The minimum Gasteiger partial charge on any atom is -0.377 e. The average molecular weight is 438 g/mol. The maximum absolute atomic E-state index is 13.6. The van der Waals surface area contributed by atoms with Gasteiger partial charge in [-0.1, -0.05) is 51.1 Å². The number of hydrogen-bond acceptors (Lipinski definition) is 3. The maximum atomic E-state index is 13.6. The van der Waals surface area contributed by atoms with Crippen LogP contribution >= 0.6 is 0 Å². The molecule has 0 aliphatic heterocycles. The zero-order chi connectivity index (χ0) is 23.8. The summed E-state index contributed by atoms with van der Waals surface area (Å²) in [4.78, 5) is 29.9. The summed E-state index contributed by atoms with van der Waals surface area (Å²) in [5, 5.41) is 3.01. The Morgan fingerprint density at radius 1 is 0.969 bits per heavy atom. The van der Waals surface area contributed by atoms with Gasteiger partial charge in [0.1, 0.15) is 0 Å². The van der Waals surface area contributed by atoms with Gasteiger partial charge in [-0.25, -0.2) is 0 Å². The SMILES string of the molecule is CCC(C(=O)N(Cc1cc(NC(=O)CC(C)C)ccc1N(C)C)C(C)C)c1ccccc1. The van der Waals surface area contributed by atoms with Crippen LogP contribution in [0.1, 0.15) is 64.5 Å². The lowest BCUT2D eigenvalue weighted by Crippen LogP contribution is -2.39. The van der Waals surface area contributed by atoms with Gasteiger partial charge < -0.3 is 15.1 Å². The fourth-order valence-electron chi connectivity index (χ4n) is 3.95. The van der Waals surface area contributed by atoms with E-state index >= 15 is 0 Å². The standard InChI is InChI=1S/C27H39N3O2/c1-8-24(21-12-10-9-11-13-21)27(32)30(20(4)5)18-22-17-23(14-15-25(22)29(6)7)28-26(31)16-19(2)3/h9-15,17,19-20,24H,8,16,18H2,1-7H3,(H,28,31). The summed E-state index contributed by atoms with van der Waals surface area (Å²) in [5.74, 6) is 0.270. The Labute approximate surface area is 193 Å². The first-order valence-electron chi connectivity index (χ1n) is 11.6. The van der Waals surface area contributed by atoms with E-state index in [1.165, 1.54) is 0 Å². The van der Waals surface area contributed by atoms with Gasteiger partial charge in [0, 0.05) is 44.5 Å². The fraction of sp³-hybridized carbons (Fsp3) is 0.481. The van der Waals surface area contributed by atoms with Crippen molar-refractivity contribution < 1.29 is 9.59 Å². The number of rotatable bonds is 10. The largest absolute Gasteiger partial charge is 0.377 e. The summed E-state index contributed by atoms with van der Waals surface area (Å²) in [5.41, 5.74) is 3.87. The van der Waals surface area contributed by atoms with E-state index in [2.05, 4.69) is 26.1 Å². The van der Waals surface area contributed by atoms with Crippen LogP contribution in [0, 0.1) is 5.92 Å². The smallest absolute Gasteiger partial charge is 0.230 e. The Hall–Kier alpha value is -2.82. The molecule has 0 fully saturated rings. The van der Waals surface area contributed by atoms with Crippen LogP contribution in [0.4, 0.5) is 11.4 Å². The third-order valence-corrected chi connectivity index (χ3v) is 5.59. The van der Waals surface area contributed by atoms with Crippen LogP contribution in [0.25, 0.3) is 0 Å². The molecule has 2 rings (SSSR count). The van der Waals surface area contributed by atoms with Crippen LogP contribution in [0.5, 0.6) is 0 Å². The van der Waals surface area contributed by atoms with Crippen molar-refractivity contribution in [3.63, 3.8) is 0 Å². The normalized spacial score (nSPS) is 12.0. The zero-order valence-corrected chi connectivity index (χ0v) is 20.7. The summed E-state index contributed by atoms with van der Waals surface area (Å²) < 4.78 is 0. The molecule has 2 aromatic rings. The second kappa shape index (κ2) is 11.7. The van der Waals surface area contributed by atoms with Crippen molar-refractivity contribution in [2.45, 2.75) is 66.0 Å². The summed E-state index contributed by atoms with van der Waals surface area (Å²) in [7, 11) is 3.99. The van der Waals surface area contributed by atoms with Crippen molar-refractivity contribution in [2.24, 2.45) is 5.92 Å². The van der Waals surface area contributed by atoms with Gasteiger partial charge in [-0.05, 0) is 55.5 Å². The van der Waals surface area contributed by atoms with E-state index in [1.54, 1.807) is 0 Å². The Morgan fingerprint density at radius 2 is 1.62 bits per heavy atom. The molecule has 0 heterocycles. The zero-order valence-electron chi connectivity index (χ0n) is 20.7. The topological polar surface area (TPSA) is 52.7 Å². The highest BCUT2D eigenvalue weighted by molar-refractivity contribution is 5.91. The Morgan fingerprint density at radius 3 is 2.16 bits per heavy atom. The Bertz CT molecular complexity index is 891. The molecule has 0 aromatic heterocycles. The summed E-state index contributed by atoms with van der Waals surface area (Å²) in [6.45, 7) is 10.7. The first-order valence-corrected chi connectivity index (χ1v) is 11.6. The molecule has 0 aliphatic rings. The van der Waals surface area contributed by atoms with Crippen LogP contribution in [0.15, 0.2) is 48.5 Å². The third kappa shape index (κ3) is 6.84. The molecule has 5 nitrogen and oxygen atoms in total.